The van der Waals surface area contributed by atoms with E-state index in [0.29, 0.717) is 11.6 Å². The van der Waals surface area contributed by atoms with Gasteiger partial charge in [0.2, 0.25) is 5.90 Å². The zero-order valence-corrected chi connectivity index (χ0v) is 9.81. The fourth-order valence-electron chi connectivity index (χ4n) is 1.44. The number of esters is 1. The van der Waals surface area contributed by atoms with Gasteiger partial charge in [0.25, 0.3) is 0 Å². The Morgan fingerprint density at radius 2 is 1.88 bits per heavy atom. The summed E-state index contributed by atoms with van der Waals surface area (Å²) in [5.41, 5.74) is 2.30. The van der Waals surface area contributed by atoms with Crippen molar-refractivity contribution in [3.63, 3.8) is 0 Å². The van der Waals surface area contributed by atoms with E-state index < -0.39 is 0 Å². The molecule has 1 aromatic rings. The molecule has 0 N–H and O–H groups in total. The maximum atomic E-state index is 11.4. The standard InChI is InChI=1S/C14H13NO2/c1-10(2)13-14(16)17-12(15-13)9-8-11-6-4-3-5-7-11/h3-9H,1-2H3. The number of hydrogen-bond donors (Lipinski definition) is 0. The van der Waals surface area contributed by atoms with Crippen molar-refractivity contribution in [2.45, 2.75) is 13.8 Å². The molecule has 0 amide bonds. The second kappa shape index (κ2) is 4.78. The number of allylic oxidation sites excluding steroid dienone is 1. The van der Waals surface area contributed by atoms with E-state index in [1.54, 1.807) is 6.08 Å². The zero-order valence-electron chi connectivity index (χ0n) is 9.81. The molecule has 3 heteroatoms. The third kappa shape index (κ3) is 2.69. The lowest BCUT2D eigenvalue weighted by atomic mass is 10.2. The van der Waals surface area contributed by atoms with Gasteiger partial charge in [0.1, 0.15) is 0 Å². The van der Waals surface area contributed by atoms with Crippen LogP contribution < -0.4 is 0 Å². The molecule has 1 aromatic carbocycles. The number of benzene rings is 1. The minimum atomic E-state index is -0.377. The fourth-order valence-corrected chi connectivity index (χ4v) is 1.44. The van der Waals surface area contributed by atoms with Crippen LogP contribution in [0.15, 0.2) is 52.7 Å². The highest BCUT2D eigenvalue weighted by atomic mass is 16.6. The zero-order chi connectivity index (χ0) is 12.3. The molecule has 0 fully saturated rings. The van der Waals surface area contributed by atoms with E-state index in [4.69, 9.17) is 4.74 Å². The Balaban J connectivity index is 2.17. The Morgan fingerprint density at radius 3 is 2.47 bits per heavy atom. The van der Waals surface area contributed by atoms with Crippen LogP contribution in [-0.2, 0) is 9.53 Å². The Hall–Kier alpha value is -2.16. The molecular weight excluding hydrogens is 214 g/mol. The molecule has 1 heterocycles. The van der Waals surface area contributed by atoms with Crippen molar-refractivity contribution in [2.24, 2.45) is 4.99 Å². The van der Waals surface area contributed by atoms with E-state index in [1.807, 2.05) is 50.3 Å². The summed E-state index contributed by atoms with van der Waals surface area (Å²) in [5.74, 6) is -0.0345. The molecule has 17 heavy (non-hydrogen) atoms. The molecule has 0 atom stereocenters. The van der Waals surface area contributed by atoms with Gasteiger partial charge in [-0.25, -0.2) is 9.79 Å². The molecule has 0 saturated heterocycles. The monoisotopic (exact) mass is 227 g/mol. The molecule has 86 valence electrons. The Bertz CT molecular complexity index is 520. The van der Waals surface area contributed by atoms with Crippen LogP contribution in [0.1, 0.15) is 19.4 Å². The maximum Gasteiger partial charge on any atom is 0.363 e. The van der Waals surface area contributed by atoms with Crippen molar-refractivity contribution in [1.82, 2.24) is 0 Å². The van der Waals surface area contributed by atoms with Gasteiger partial charge >= 0.3 is 5.97 Å². The number of hydrogen-bond acceptors (Lipinski definition) is 3. The lowest BCUT2D eigenvalue weighted by Crippen LogP contribution is -2.01. The first-order valence-corrected chi connectivity index (χ1v) is 5.38. The maximum absolute atomic E-state index is 11.4. The smallest absolute Gasteiger partial charge is 0.363 e. The summed E-state index contributed by atoms with van der Waals surface area (Å²) in [6, 6.07) is 9.78. The van der Waals surface area contributed by atoms with Crippen LogP contribution in [-0.4, -0.2) is 11.9 Å². The van der Waals surface area contributed by atoms with Crippen molar-refractivity contribution >= 4 is 17.9 Å². The molecule has 0 unspecified atom stereocenters. The van der Waals surface area contributed by atoms with E-state index in [1.165, 1.54) is 0 Å². The van der Waals surface area contributed by atoms with Crippen molar-refractivity contribution in [3.05, 3.63) is 53.2 Å². The SMILES string of the molecule is CC(C)=C1N=C(C=Cc2ccccc2)OC1=O. The van der Waals surface area contributed by atoms with Crippen LogP contribution in [0.4, 0.5) is 0 Å². The average Bonchev–Trinajstić information content (AvgIpc) is 2.69. The molecule has 1 aliphatic rings. The largest absolute Gasteiger partial charge is 0.403 e. The van der Waals surface area contributed by atoms with Crippen LogP contribution >= 0.6 is 0 Å². The summed E-state index contributed by atoms with van der Waals surface area (Å²) >= 11 is 0. The first-order chi connectivity index (χ1) is 8.16. The van der Waals surface area contributed by atoms with E-state index in [9.17, 15) is 4.79 Å². The van der Waals surface area contributed by atoms with Gasteiger partial charge in [-0.15, -0.1) is 0 Å². The summed E-state index contributed by atoms with van der Waals surface area (Å²) < 4.78 is 5.02. The highest BCUT2D eigenvalue weighted by Crippen LogP contribution is 2.16. The molecule has 0 aromatic heterocycles. The van der Waals surface area contributed by atoms with Crippen LogP contribution in [0.25, 0.3) is 6.08 Å². The third-order valence-corrected chi connectivity index (χ3v) is 2.30. The number of rotatable bonds is 2. The number of ether oxygens (including phenoxy) is 1. The summed E-state index contributed by atoms with van der Waals surface area (Å²) in [6.45, 7) is 3.67. The van der Waals surface area contributed by atoms with Crippen molar-refractivity contribution in [3.8, 4) is 0 Å². The highest BCUT2D eigenvalue weighted by molar-refractivity contribution is 6.10. The second-order valence-corrected chi connectivity index (χ2v) is 3.93. The molecule has 2 rings (SSSR count). The molecular formula is C14H13NO2. The summed E-state index contributed by atoms with van der Waals surface area (Å²) in [7, 11) is 0. The third-order valence-electron chi connectivity index (χ3n) is 2.30. The summed E-state index contributed by atoms with van der Waals surface area (Å²) in [4.78, 5) is 15.5. The van der Waals surface area contributed by atoms with E-state index in [0.717, 1.165) is 11.1 Å². The Labute approximate surface area is 100 Å². The first-order valence-electron chi connectivity index (χ1n) is 5.38. The topological polar surface area (TPSA) is 38.7 Å². The molecule has 0 bridgehead atoms. The Kier molecular flexibility index (Phi) is 3.19. The number of cyclic esters (lactones) is 1. The van der Waals surface area contributed by atoms with Crippen LogP contribution in [0.5, 0.6) is 0 Å². The fraction of sp³-hybridized carbons (Fsp3) is 0.143. The van der Waals surface area contributed by atoms with Crippen molar-refractivity contribution in [1.29, 1.82) is 0 Å². The average molecular weight is 227 g/mol. The molecule has 0 radical (unpaired) electrons. The van der Waals surface area contributed by atoms with Crippen molar-refractivity contribution in [2.75, 3.05) is 0 Å². The van der Waals surface area contributed by atoms with Crippen LogP contribution in [0.2, 0.25) is 0 Å². The normalized spacial score (nSPS) is 15.1. The second-order valence-electron chi connectivity index (χ2n) is 3.93. The van der Waals surface area contributed by atoms with Gasteiger partial charge in [-0.3, -0.25) is 0 Å². The summed E-state index contributed by atoms with van der Waals surface area (Å²) in [6.07, 6.45) is 3.56. The van der Waals surface area contributed by atoms with Crippen molar-refractivity contribution < 1.29 is 9.53 Å². The Morgan fingerprint density at radius 1 is 1.18 bits per heavy atom. The van der Waals surface area contributed by atoms with Gasteiger partial charge in [0.05, 0.1) is 0 Å². The van der Waals surface area contributed by atoms with Gasteiger partial charge < -0.3 is 4.74 Å². The minimum absolute atomic E-state index is 0.343. The van der Waals surface area contributed by atoms with E-state index >= 15 is 0 Å². The van der Waals surface area contributed by atoms with Gasteiger partial charge in [0.15, 0.2) is 5.70 Å². The van der Waals surface area contributed by atoms with E-state index in [2.05, 4.69) is 4.99 Å². The predicted octanol–water partition coefficient (Wildman–Crippen LogP) is 2.95. The number of carbonyl (C=O) groups is 1. The molecule has 0 aliphatic carbocycles. The molecule has 3 nitrogen and oxygen atoms in total. The van der Waals surface area contributed by atoms with Crippen LogP contribution in [0.3, 0.4) is 0 Å². The first kappa shape index (κ1) is 11.3. The molecule has 1 aliphatic heterocycles. The quantitative estimate of drug-likeness (QED) is 0.575. The highest BCUT2D eigenvalue weighted by Gasteiger charge is 2.21. The molecule has 0 saturated carbocycles. The van der Waals surface area contributed by atoms with Crippen LogP contribution in [0, 0.1) is 0 Å². The minimum Gasteiger partial charge on any atom is -0.403 e. The lowest BCUT2D eigenvalue weighted by Gasteiger charge is -1.92. The number of carbonyl (C=O) groups excluding carboxylic acids is 1. The van der Waals surface area contributed by atoms with Gasteiger partial charge in [-0.05, 0) is 31.1 Å². The molecule has 0 spiro atoms. The number of nitrogens with zero attached hydrogens (tertiary/aromatic N) is 1. The van der Waals surface area contributed by atoms with Gasteiger partial charge in [-0.2, -0.15) is 0 Å². The predicted molar refractivity (Wildman–Crippen MR) is 67.4 cm³/mol. The van der Waals surface area contributed by atoms with Gasteiger partial charge in [-0.1, -0.05) is 30.3 Å². The van der Waals surface area contributed by atoms with Gasteiger partial charge in [0, 0.05) is 6.08 Å². The van der Waals surface area contributed by atoms with E-state index in [-0.39, 0.29) is 5.97 Å². The summed E-state index contributed by atoms with van der Waals surface area (Å²) in [5, 5.41) is 0. The lowest BCUT2D eigenvalue weighted by molar-refractivity contribution is -0.130. The number of aliphatic imine (C=N–C) groups is 1.